The quantitative estimate of drug-likeness (QED) is 0.823. The van der Waals surface area contributed by atoms with E-state index >= 15 is 0 Å². The van der Waals surface area contributed by atoms with E-state index < -0.39 is 11.7 Å². The van der Waals surface area contributed by atoms with Crippen LogP contribution >= 0.6 is 0 Å². The maximum Gasteiger partial charge on any atom is 0.339 e. The highest BCUT2D eigenvalue weighted by Gasteiger charge is 2.19. The molecule has 0 saturated heterocycles. The van der Waals surface area contributed by atoms with Gasteiger partial charge in [-0.3, -0.25) is 0 Å². The van der Waals surface area contributed by atoms with E-state index in [2.05, 4.69) is 0 Å². The van der Waals surface area contributed by atoms with Crippen molar-refractivity contribution in [3.05, 3.63) is 27.8 Å². The Morgan fingerprint density at radius 2 is 2.07 bits per heavy atom. The van der Waals surface area contributed by atoms with Gasteiger partial charge in [0.15, 0.2) is 0 Å². The molecule has 0 aromatic carbocycles. The highest BCUT2D eigenvalue weighted by molar-refractivity contribution is 5.34. The van der Waals surface area contributed by atoms with Gasteiger partial charge in [0, 0.05) is 11.5 Å². The van der Waals surface area contributed by atoms with Crippen molar-refractivity contribution >= 4 is 0 Å². The topological polar surface area (TPSA) is 59.7 Å². The summed E-state index contributed by atoms with van der Waals surface area (Å²) in [6.07, 6.45) is -0.570. The first-order chi connectivity index (χ1) is 6.97. The minimum Gasteiger partial charge on any atom is -0.496 e. The second-order valence-corrected chi connectivity index (χ2v) is 3.65. The smallest absolute Gasteiger partial charge is 0.339 e. The first-order valence-electron chi connectivity index (χ1n) is 4.84. The first kappa shape index (κ1) is 11.8. The van der Waals surface area contributed by atoms with Crippen LogP contribution < -0.4 is 10.4 Å². The van der Waals surface area contributed by atoms with Gasteiger partial charge in [-0.15, -0.1) is 0 Å². The zero-order valence-corrected chi connectivity index (χ0v) is 9.40. The van der Waals surface area contributed by atoms with E-state index in [9.17, 15) is 9.90 Å². The molecule has 1 aromatic rings. The van der Waals surface area contributed by atoms with Crippen LogP contribution in [0.4, 0.5) is 0 Å². The molecule has 1 rings (SSSR count). The molecule has 0 aliphatic carbocycles. The molecule has 0 bridgehead atoms. The number of hydrogen-bond donors (Lipinski definition) is 1. The van der Waals surface area contributed by atoms with Crippen LogP contribution in [-0.4, -0.2) is 18.3 Å². The second kappa shape index (κ2) is 4.49. The maximum atomic E-state index is 11.2. The summed E-state index contributed by atoms with van der Waals surface area (Å²) >= 11 is 0. The molecule has 2 atom stereocenters. The van der Waals surface area contributed by atoms with Crippen molar-refractivity contribution in [3.8, 4) is 5.75 Å². The Labute approximate surface area is 88.5 Å². The lowest BCUT2D eigenvalue weighted by Crippen LogP contribution is -2.15. The van der Waals surface area contributed by atoms with Gasteiger partial charge < -0.3 is 14.3 Å². The Bertz CT molecular complexity index is 392. The van der Waals surface area contributed by atoms with E-state index in [4.69, 9.17) is 9.15 Å². The van der Waals surface area contributed by atoms with Crippen molar-refractivity contribution in [2.24, 2.45) is 0 Å². The summed E-state index contributed by atoms with van der Waals surface area (Å²) in [5, 5.41) is 9.45. The van der Waals surface area contributed by atoms with Crippen molar-refractivity contribution < 1.29 is 14.3 Å². The molecule has 1 N–H and O–H groups in total. The van der Waals surface area contributed by atoms with Gasteiger partial charge in [-0.05, 0) is 13.8 Å². The molecule has 1 aromatic heterocycles. The normalized spacial score (nSPS) is 14.7. The van der Waals surface area contributed by atoms with E-state index in [1.807, 2.05) is 0 Å². The molecule has 0 saturated carbocycles. The zero-order chi connectivity index (χ0) is 11.6. The predicted molar refractivity (Wildman–Crippen MR) is 56.4 cm³/mol. The molecular weight excluding hydrogens is 196 g/mol. The lowest BCUT2D eigenvalue weighted by Gasteiger charge is -2.16. The fourth-order valence-corrected chi connectivity index (χ4v) is 1.42. The summed E-state index contributed by atoms with van der Waals surface area (Å²) in [6.45, 7) is 5.26. The number of ether oxygens (including phenoxy) is 1. The summed E-state index contributed by atoms with van der Waals surface area (Å²) in [7, 11) is 1.50. The van der Waals surface area contributed by atoms with Crippen LogP contribution in [0.5, 0.6) is 5.75 Å². The van der Waals surface area contributed by atoms with E-state index in [1.54, 1.807) is 20.8 Å². The summed E-state index contributed by atoms with van der Waals surface area (Å²) < 4.78 is 10.1. The zero-order valence-electron chi connectivity index (χ0n) is 9.40. The number of aliphatic hydroxyl groups is 1. The lowest BCUT2D eigenvalue weighted by atomic mass is 9.99. The number of methoxy groups -OCH3 is 1. The van der Waals surface area contributed by atoms with Gasteiger partial charge in [0.25, 0.3) is 0 Å². The molecule has 0 aliphatic heterocycles. The maximum absolute atomic E-state index is 11.2. The molecule has 0 spiro atoms. The van der Waals surface area contributed by atoms with Crippen LogP contribution in [0.2, 0.25) is 0 Å². The molecule has 1 heterocycles. The molecule has 0 aliphatic rings. The Morgan fingerprint density at radius 1 is 1.47 bits per heavy atom. The fraction of sp³-hybridized carbons (Fsp3) is 0.545. The van der Waals surface area contributed by atoms with Crippen LogP contribution in [0.3, 0.4) is 0 Å². The van der Waals surface area contributed by atoms with Crippen LogP contribution in [0.15, 0.2) is 15.3 Å². The van der Waals surface area contributed by atoms with Gasteiger partial charge in [0.1, 0.15) is 11.5 Å². The number of hydrogen-bond acceptors (Lipinski definition) is 4. The van der Waals surface area contributed by atoms with Crippen LogP contribution in [-0.2, 0) is 0 Å². The van der Waals surface area contributed by atoms with Crippen molar-refractivity contribution in [3.63, 3.8) is 0 Å². The van der Waals surface area contributed by atoms with Gasteiger partial charge in [-0.25, -0.2) is 4.79 Å². The Kier molecular flexibility index (Phi) is 3.52. The third-order valence-corrected chi connectivity index (χ3v) is 2.56. The lowest BCUT2D eigenvalue weighted by molar-refractivity contribution is 0.155. The molecule has 0 radical (unpaired) electrons. The predicted octanol–water partition coefficient (Wildman–Crippen LogP) is 1.44. The van der Waals surface area contributed by atoms with E-state index in [-0.39, 0.29) is 5.92 Å². The van der Waals surface area contributed by atoms with Gasteiger partial charge in [-0.2, -0.15) is 0 Å². The third kappa shape index (κ3) is 2.39. The standard InChI is InChI=1S/C11H16O4/c1-6(8(3)12)11-7(2)9(14-4)5-10(13)15-11/h5-6,8,12H,1-4H3/t6?,8-/m0/s1. The van der Waals surface area contributed by atoms with Gasteiger partial charge in [0.05, 0.1) is 19.3 Å². The summed E-state index contributed by atoms with van der Waals surface area (Å²) in [6, 6.07) is 1.30. The average Bonchev–Trinajstić information content (AvgIpc) is 2.19. The molecule has 15 heavy (non-hydrogen) atoms. The molecule has 0 fully saturated rings. The van der Waals surface area contributed by atoms with Crippen LogP contribution in [0.25, 0.3) is 0 Å². The number of aliphatic hydroxyl groups excluding tert-OH is 1. The van der Waals surface area contributed by atoms with Gasteiger partial charge in [0.2, 0.25) is 0 Å². The van der Waals surface area contributed by atoms with E-state index in [0.717, 1.165) is 5.56 Å². The second-order valence-electron chi connectivity index (χ2n) is 3.65. The molecule has 84 valence electrons. The van der Waals surface area contributed by atoms with E-state index in [1.165, 1.54) is 13.2 Å². The molecule has 4 nitrogen and oxygen atoms in total. The minimum atomic E-state index is -0.570. The largest absolute Gasteiger partial charge is 0.496 e. The Hall–Kier alpha value is -1.29. The van der Waals surface area contributed by atoms with Crippen LogP contribution in [0, 0.1) is 6.92 Å². The van der Waals surface area contributed by atoms with Crippen molar-refractivity contribution in [2.45, 2.75) is 32.8 Å². The highest BCUT2D eigenvalue weighted by Crippen LogP contribution is 2.27. The van der Waals surface area contributed by atoms with Crippen molar-refractivity contribution in [1.82, 2.24) is 0 Å². The molecule has 1 unspecified atom stereocenters. The number of rotatable bonds is 3. The fourth-order valence-electron chi connectivity index (χ4n) is 1.42. The monoisotopic (exact) mass is 212 g/mol. The summed E-state index contributed by atoms with van der Waals surface area (Å²) in [5.41, 5.74) is 0.297. The molecular formula is C11H16O4. The Balaban J connectivity index is 3.29. The average molecular weight is 212 g/mol. The molecule has 4 heteroatoms. The van der Waals surface area contributed by atoms with Gasteiger partial charge in [-0.1, -0.05) is 6.92 Å². The molecule has 0 amide bonds. The van der Waals surface area contributed by atoms with Gasteiger partial charge >= 0.3 is 5.63 Å². The van der Waals surface area contributed by atoms with Crippen molar-refractivity contribution in [2.75, 3.05) is 7.11 Å². The summed E-state index contributed by atoms with van der Waals surface area (Å²) in [4.78, 5) is 11.2. The minimum absolute atomic E-state index is 0.229. The van der Waals surface area contributed by atoms with Crippen LogP contribution in [0.1, 0.15) is 31.1 Å². The Morgan fingerprint density at radius 3 is 2.53 bits per heavy atom. The van der Waals surface area contributed by atoms with E-state index in [0.29, 0.717) is 11.5 Å². The first-order valence-corrected chi connectivity index (χ1v) is 4.84. The van der Waals surface area contributed by atoms with Crippen molar-refractivity contribution in [1.29, 1.82) is 0 Å². The summed E-state index contributed by atoms with van der Waals surface area (Å²) in [5.74, 6) is 0.746. The SMILES string of the molecule is COc1cc(=O)oc(C(C)[C@H](C)O)c1C. The highest BCUT2D eigenvalue weighted by atomic mass is 16.5. The third-order valence-electron chi connectivity index (χ3n) is 2.56.